The standard InChI is InChI=1S/C12H14N2OS/c1-2-10-12(14-11(7-13)16-10)8-4-3-5-9(15)6-8/h3-6,15H,2,7,13H2,1H3. The number of aromatic hydroxyl groups is 1. The van der Waals surface area contributed by atoms with Gasteiger partial charge in [0, 0.05) is 17.0 Å². The molecule has 0 atom stereocenters. The van der Waals surface area contributed by atoms with Crippen molar-refractivity contribution in [3.63, 3.8) is 0 Å². The van der Waals surface area contributed by atoms with Crippen LogP contribution in [0.2, 0.25) is 0 Å². The molecule has 0 spiro atoms. The van der Waals surface area contributed by atoms with Gasteiger partial charge in [0.05, 0.1) is 5.69 Å². The molecule has 0 unspecified atom stereocenters. The van der Waals surface area contributed by atoms with Crippen molar-refractivity contribution in [2.24, 2.45) is 5.73 Å². The van der Waals surface area contributed by atoms with Crippen LogP contribution in [-0.2, 0) is 13.0 Å². The third kappa shape index (κ3) is 2.08. The summed E-state index contributed by atoms with van der Waals surface area (Å²) in [6.07, 6.45) is 0.933. The Morgan fingerprint density at radius 3 is 2.88 bits per heavy atom. The fourth-order valence-corrected chi connectivity index (χ4v) is 2.52. The van der Waals surface area contributed by atoms with Crippen molar-refractivity contribution in [3.8, 4) is 17.0 Å². The third-order valence-electron chi connectivity index (χ3n) is 2.36. The highest BCUT2D eigenvalue weighted by atomic mass is 32.1. The van der Waals surface area contributed by atoms with Gasteiger partial charge in [0.15, 0.2) is 0 Å². The number of hydrogen-bond donors (Lipinski definition) is 2. The highest BCUT2D eigenvalue weighted by molar-refractivity contribution is 7.12. The number of thiazole rings is 1. The number of phenolic OH excluding ortho intramolecular Hbond substituents is 1. The maximum absolute atomic E-state index is 9.45. The zero-order valence-corrected chi connectivity index (χ0v) is 9.92. The largest absolute Gasteiger partial charge is 0.508 e. The molecular weight excluding hydrogens is 220 g/mol. The highest BCUT2D eigenvalue weighted by Crippen LogP contribution is 2.30. The van der Waals surface area contributed by atoms with E-state index in [0.717, 1.165) is 22.7 Å². The molecule has 84 valence electrons. The summed E-state index contributed by atoms with van der Waals surface area (Å²) in [6.45, 7) is 2.57. The van der Waals surface area contributed by atoms with Crippen LogP contribution in [0.15, 0.2) is 24.3 Å². The smallest absolute Gasteiger partial charge is 0.116 e. The molecule has 0 fully saturated rings. The Bertz CT molecular complexity index is 494. The number of benzene rings is 1. The van der Waals surface area contributed by atoms with E-state index in [9.17, 15) is 5.11 Å². The van der Waals surface area contributed by atoms with Gasteiger partial charge in [-0.05, 0) is 18.6 Å². The summed E-state index contributed by atoms with van der Waals surface area (Å²) in [7, 11) is 0. The molecule has 1 aromatic carbocycles. The first-order chi connectivity index (χ1) is 7.74. The topological polar surface area (TPSA) is 59.1 Å². The van der Waals surface area contributed by atoms with Gasteiger partial charge in [0.2, 0.25) is 0 Å². The van der Waals surface area contributed by atoms with Crippen LogP contribution in [0.1, 0.15) is 16.8 Å². The molecule has 0 saturated heterocycles. The molecule has 0 aliphatic rings. The highest BCUT2D eigenvalue weighted by Gasteiger charge is 2.11. The fraction of sp³-hybridized carbons (Fsp3) is 0.250. The first-order valence-electron chi connectivity index (χ1n) is 5.22. The average Bonchev–Trinajstić information content (AvgIpc) is 2.72. The Morgan fingerprint density at radius 2 is 2.25 bits per heavy atom. The van der Waals surface area contributed by atoms with E-state index in [-0.39, 0.29) is 5.75 Å². The molecule has 0 saturated carbocycles. The summed E-state index contributed by atoms with van der Waals surface area (Å²) in [5, 5.41) is 10.4. The van der Waals surface area contributed by atoms with Crippen LogP contribution in [0.3, 0.4) is 0 Å². The van der Waals surface area contributed by atoms with Gasteiger partial charge >= 0.3 is 0 Å². The van der Waals surface area contributed by atoms with Crippen molar-refractivity contribution >= 4 is 11.3 Å². The molecule has 0 radical (unpaired) electrons. The number of hydrogen-bond acceptors (Lipinski definition) is 4. The Morgan fingerprint density at radius 1 is 1.44 bits per heavy atom. The molecular formula is C12H14N2OS. The van der Waals surface area contributed by atoms with Gasteiger partial charge in [-0.25, -0.2) is 4.98 Å². The summed E-state index contributed by atoms with van der Waals surface area (Å²) in [5.41, 5.74) is 7.49. The van der Waals surface area contributed by atoms with Gasteiger partial charge in [-0.15, -0.1) is 11.3 Å². The van der Waals surface area contributed by atoms with Gasteiger partial charge in [-0.3, -0.25) is 0 Å². The van der Waals surface area contributed by atoms with Crippen LogP contribution in [0.4, 0.5) is 0 Å². The van der Waals surface area contributed by atoms with Crippen molar-refractivity contribution in [3.05, 3.63) is 34.2 Å². The van der Waals surface area contributed by atoms with E-state index in [1.807, 2.05) is 12.1 Å². The van der Waals surface area contributed by atoms with Crippen LogP contribution in [0.5, 0.6) is 5.75 Å². The minimum absolute atomic E-state index is 0.266. The fourth-order valence-electron chi connectivity index (χ4n) is 1.61. The quantitative estimate of drug-likeness (QED) is 0.858. The molecule has 16 heavy (non-hydrogen) atoms. The molecule has 2 rings (SSSR count). The molecule has 3 N–H and O–H groups in total. The molecule has 1 aromatic heterocycles. The Labute approximate surface area is 98.6 Å². The predicted molar refractivity (Wildman–Crippen MR) is 66.5 cm³/mol. The van der Waals surface area contributed by atoms with Crippen molar-refractivity contribution in [1.82, 2.24) is 4.98 Å². The minimum atomic E-state index is 0.266. The summed E-state index contributed by atoms with van der Waals surface area (Å²) < 4.78 is 0. The zero-order chi connectivity index (χ0) is 11.5. The normalized spacial score (nSPS) is 10.6. The van der Waals surface area contributed by atoms with Gasteiger partial charge in [-0.1, -0.05) is 19.1 Å². The van der Waals surface area contributed by atoms with Crippen LogP contribution in [0, 0.1) is 0 Å². The van der Waals surface area contributed by atoms with Gasteiger partial charge in [-0.2, -0.15) is 0 Å². The number of aryl methyl sites for hydroxylation is 1. The zero-order valence-electron chi connectivity index (χ0n) is 9.10. The second-order valence-electron chi connectivity index (χ2n) is 3.49. The molecule has 0 aliphatic carbocycles. The number of aromatic nitrogens is 1. The first-order valence-corrected chi connectivity index (χ1v) is 6.04. The third-order valence-corrected chi connectivity index (χ3v) is 3.58. The number of nitrogens with zero attached hydrogens (tertiary/aromatic N) is 1. The average molecular weight is 234 g/mol. The maximum atomic E-state index is 9.45. The lowest BCUT2D eigenvalue weighted by Crippen LogP contribution is -1.94. The monoisotopic (exact) mass is 234 g/mol. The Balaban J connectivity index is 2.50. The number of phenols is 1. The molecule has 1 heterocycles. The van der Waals surface area contributed by atoms with E-state index in [0.29, 0.717) is 6.54 Å². The van der Waals surface area contributed by atoms with E-state index < -0.39 is 0 Å². The van der Waals surface area contributed by atoms with Crippen LogP contribution in [-0.4, -0.2) is 10.1 Å². The Kier molecular flexibility index (Phi) is 3.22. The van der Waals surface area contributed by atoms with Crippen molar-refractivity contribution in [2.45, 2.75) is 19.9 Å². The summed E-state index contributed by atoms with van der Waals surface area (Å²) in [5.74, 6) is 0.266. The van der Waals surface area contributed by atoms with E-state index in [1.54, 1.807) is 23.5 Å². The first kappa shape index (κ1) is 11.1. The molecule has 0 bridgehead atoms. The van der Waals surface area contributed by atoms with Crippen molar-refractivity contribution in [2.75, 3.05) is 0 Å². The molecule has 4 heteroatoms. The van der Waals surface area contributed by atoms with Crippen LogP contribution in [0.25, 0.3) is 11.3 Å². The molecule has 3 nitrogen and oxygen atoms in total. The molecule has 0 amide bonds. The van der Waals surface area contributed by atoms with Crippen LogP contribution < -0.4 is 5.73 Å². The van der Waals surface area contributed by atoms with E-state index in [1.165, 1.54) is 4.88 Å². The lowest BCUT2D eigenvalue weighted by molar-refractivity contribution is 0.475. The van der Waals surface area contributed by atoms with Crippen LogP contribution >= 0.6 is 11.3 Å². The van der Waals surface area contributed by atoms with Gasteiger partial charge in [0.1, 0.15) is 10.8 Å². The van der Waals surface area contributed by atoms with Crippen molar-refractivity contribution < 1.29 is 5.11 Å². The summed E-state index contributed by atoms with van der Waals surface area (Å²) in [6, 6.07) is 7.17. The summed E-state index contributed by atoms with van der Waals surface area (Å²) >= 11 is 1.64. The lowest BCUT2D eigenvalue weighted by Gasteiger charge is -2.00. The number of nitrogens with two attached hydrogens (primary N) is 1. The van der Waals surface area contributed by atoms with Gasteiger partial charge in [0.25, 0.3) is 0 Å². The van der Waals surface area contributed by atoms with E-state index >= 15 is 0 Å². The van der Waals surface area contributed by atoms with Crippen molar-refractivity contribution in [1.29, 1.82) is 0 Å². The summed E-state index contributed by atoms with van der Waals surface area (Å²) in [4.78, 5) is 5.71. The van der Waals surface area contributed by atoms with E-state index in [2.05, 4.69) is 11.9 Å². The second kappa shape index (κ2) is 4.63. The SMILES string of the molecule is CCc1sc(CN)nc1-c1cccc(O)c1. The Hall–Kier alpha value is -1.39. The second-order valence-corrected chi connectivity index (χ2v) is 4.66. The van der Waals surface area contributed by atoms with E-state index in [4.69, 9.17) is 5.73 Å². The molecule has 0 aliphatic heterocycles. The molecule has 2 aromatic rings. The minimum Gasteiger partial charge on any atom is -0.508 e. The maximum Gasteiger partial charge on any atom is 0.116 e. The predicted octanol–water partition coefficient (Wildman–Crippen LogP) is 2.54. The number of rotatable bonds is 3. The van der Waals surface area contributed by atoms with Gasteiger partial charge < -0.3 is 10.8 Å². The lowest BCUT2D eigenvalue weighted by atomic mass is 10.1.